The number of anilines is 4. The number of ether oxygens (including phenoxy) is 1. The quantitative estimate of drug-likeness (QED) is 0.0994. The molecule has 8 aromatic carbocycles. The Hall–Kier alpha value is -9.55. The van der Waals surface area contributed by atoms with Gasteiger partial charge in [-0.25, -0.2) is 4.98 Å². The standard InChI is InChI=1S/C72H53B2N6O.Pt/c1-72(54-24-7-3-8-25-54,55-26-9-4-10-27-55)56-38-45-77-70(48-56)80-66-33-12-11-28-60(66)61-37-36-58(50-69(61)80)81-59-47-53(52-22-5-2-6-23-52)46-57(49-59)78-51-79(68-35-14-13-34-67(68)78)71-62(64-31-20-43-75-41-17-15-39-73-64)29-19-30-63(71)65-32-21-44-76-42-18-16-40-74-65;/h2-48,51,75-76H,1H3;/q-3;/b39-15-,40-16-,41-17-,42-18-,43-20-,44-21-,64-31-,65-32-;/i2D,5D,6D,11D,12D,22D,23D,28D,33D;. The van der Waals surface area contributed by atoms with Crippen LogP contribution in [0.4, 0.5) is 22.7 Å². The minimum absolute atomic E-state index is 0. The molecule has 0 saturated heterocycles. The maximum absolute atomic E-state index is 9.43. The van der Waals surface area contributed by atoms with Gasteiger partial charge in [0, 0.05) is 91.6 Å². The first kappa shape index (κ1) is 43.3. The molecule has 396 valence electrons. The second kappa shape index (κ2) is 24.0. The Balaban J connectivity index is 0.00000800. The summed E-state index contributed by atoms with van der Waals surface area (Å²) in [4.78, 5) is 8.98. The molecule has 7 nitrogen and oxygen atoms in total. The fourth-order valence-electron chi connectivity index (χ4n) is 10.6. The molecule has 10 aromatic rings. The SMILES string of the molecule is [2H]c1c([2H])c([2H])c(-c2cc(Oc3[c-]c4c(cc3)c3c([2H])c([2H])c([2H])c([2H])c3n4-c3cc(C(C)(c4ccccc4)c4ccccc4)ccn3)[c-]c(N3[CH-]N(c4c(/C5=C/C=C\N/C=C\C=C/[B]5)cccc4/C4=C/C=C\N/C=C\C=C/[B]4)c4ccccc43)c2)c([2H])c1[2H].[Pt]. The molecule has 0 spiro atoms. The fraction of sp³-hybridized carbons (Fsp3) is 0.0278. The van der Waals surface area contributed by atoms with Crippen molar-refractivity contribution in [1.29, 1.82) is 0 Å². The van der Waals surface area contributed by atoms with Crippen LogP contribution in [0.3, 0.4) is 0 Å². The van der Waals surface area contributed by atoms with Crippen molar-refractivity contribution in [1.82, 2.24) is 20.2 Å². The first-order chi connectivity index (χ1) is 43.8. The van der Waals surface area contributed by atoms with Crippen LogP contribution in [0.15, 0.2) is 285 Å². The molecular weight excluding hydrogens is 1180 g/mol. The van der Waals surface area contributed by atoms with Crippen LogP contribution >= 0.6 is 0 Å². The van der Waals surface area contributed by atoms with Crippen molar-refractivity contribution in [2.75, 3.05) is 9.80 Å². The third-order valence-electron chi connectivity index (χ3n) is 14.5. The largest absolute Gasteiger partial charge is 0.509 e. The molecule has 82 heavy (non-hydrogen) atoms. The Bertz CT molecular complexity index is 4640. The third kappa shape index (κ3) is 10.6. The zero-order valence-electron chi connectivity index (χ0n) is 53.2. The van der Waals surface area contributed by atoms with Gasteiger partial charge in [-0.05, 0) is 100 Å². The molecule has 3 aliphatic rings. The molecule has 0 fully saturated rings. The van der Waals surface area contributed by atoms with Crippen molar-refractivity contribution in [3.8, 4) is 28.4 Å². The molecule has 3 aliphatic heterocycles. The molecule has 0 bridgehead atoms. The van der Waals surface area contributed by atoms with Crippen LogP contribution in [0.2, 0.25) is 0 Å². The number of rotatable bonds is 11. The van der Waals surface area contributed by atoms with E-state index in [1.165, 1.54) is 0 Å². The van der Waals surface area contributed by atoms with Gasteiger partial charge < -0.3 is 29.7 Å². The van der Waals surface area contributed by atoms with Crippen LogP contribution in [0.5, 0.6) is 11.5 Å². The van der Waals surface area contributed by atoms with E-state index in [2.05, 4.69) is 85.5 Å². The van der Waals surface area contributed by atoms with Crippen LogP contribution in [0.25, 0.3) is 49.7 Å². The molecule has 0 atom stereocenters. The van der Waals surface area contributed by atoms with Crippen LogP contribution in [-0.4, -0.2) is 24.1 Å². The number of nitrogens with zero attached hydrogens (tertiary/aromatic N) is 4. The Kier molecular flexibility index (Phi) is 12.7. The summed E-state index contributed by atoms with van der Waals surface area (Å²) in [6.45, 7) is 4.11. The van der Waals surface area contributed by atoms with Crippen molar-refractivity contribution >= 4 is 70.1 Å². The van der Waals surface area contributed by atoms with Gasteiger partial charge in [-0.1, -0.05) is 180 Å². The number of hydrogen-bond donors (Lipinski definition) is 2. The second-order valence-corrected chi connectivity index (χ2v) is 19.3. The molecule has 0 saturated carbocycles. The molecule has 2 radical (unpaired) electrons. The summed E-state index contributed by atoms with van der Waals surface area (Å²) in [5.74, 6) is 4.59. The van der Waals surface area contributed by atoms with E-state index < -0.39 is 47.7 Å². The fourth-order valence-corrected chi connectivity index (χ4v) is 10.6. The van der Waals surface area contributed by atoms with E-state index in [1.807, 2.05) is 176 Å². The van der Waals surface area contributed by atoms with Crippen LogP contribution in [-0.2, 0) is 26.5 Å². The minimum atomic E-state index is -0.700. The van der Waals surface area contributed by atoms with E-state index in [0.717, 1.165) is 55.8 Å². The van der Waals surface area contributed by atoms with Gasteiger partial charge in [0.05, 0.1) is 12.3 Å². The predicted molar refractivity (Wildman–Crippen MR) is 337 cm³/mol. The number of allylic oxidation sites excluding steroid dienone is 8. The number of benzene rings is 8. The zero-order valence-corrected chi connectivity index (χ0v) is 46.5. The maximum atomic E-state index is 9.43. The van der Waals surface area contributed by atoms with E-state index in [4.69, 9.17) is 16.6 Å². The van der Waals surface area contributed by atoms with E-state index in [0.29, 0.717) is 22.4 Å². The van der Waals surface area contributed by atoms with Gasteiger partial charge in [0.2, 0.25) is 0 Å². The van der Waals surface area contributed by atoms with E-state index >= 15 is 0 Å². The number of pyridine rings is 1. The summed E-state index contributed by atoms with van der Waals surface area (Å²) in [5.41, 5.74) is 9.33. The van der Waals surface area contributed by atoms with Crippen molar-refractivity contribution in [3.05, 3.63) is 332 Å². The summed E-state index contributed by atoms with van der Waals surface area (Å²) in [7, 11) is 4.13. The molecule has 0 amide bonds. The van der Waals surface area contributed by atoms with Gasteiger partial charge in [0.15, 0.2) is 14.6 Å². The molecule has 0 unspecified atom stereocenters. The summed E-state index contributed by atoms with van der Waals surface area (Å²) in [6.07, 6.45) is 24.9. The number of para-hydroxylation sites is 4. The topological polar surface area (TPSA) is 57.6 Å². The number of aromatic nitrogens is 2. The molecule has 2 aromatic heterocycles. The normalized spacial score (nSPS) is 19.1. The molecule has 5 heterocycles. The Morgan fingerprint density at radius 1 is 0.561 bits per heavy atom. The Morgan fingerprint density at radius 3 is 1.87 bits per heavy atom. The predicted octanol–water partition coefficient (Wildman–Crippen LogP) is 16.4. The van der Waals surface area contributed by atoms with Gasteiger partial charge in [-0.2, -0.15) is 6.07 Å². The van der Waals surface area contributed by atoms with Gasteiger partial charge in [0.25, 0.3) is 0 Å². The minimum Gasteiger partial charge on any atom is -0.509 e. The van der Waals surface area contributed by atoms with Gasteiger partial charge in [0.1, 0.15) is 5.82 Å². The average Bonchev–Trinajstić information content (AvgIpc) is 1.02. The summed E-state index contributed by atoms with van der Waals surface area (Å²) in [5, 5.41) is 7.10. The maximum Gasteiger partial charge on any atom is 0.182 e. The summed E-state index contributed by atoms with van der Waals surface area (Å²) in [6, 6.07) is 48.3. The Morgan fingerprint density at radius 2 is 1.18 bits per heavy atom. The second-order valence-electron chi connectivity index (χ2n) is 19.3. The Labute approximate surface area is 508 Å². The van der Waals surface area contributed by atoms with E-state index in [-0.39, 0.29) is 66.7 Å². The molecule has 0 aliphatic carbocycles. The van der Waals surface area contributed by atoms with Crippen molar-refractivity contribution in [2.24, 2.45) is 0 Å². The summed E-state index contributed by atoms with van der Waals surface area (Å²) >= 11 is 0. The molecular formula is C72H53B2N6OPt-3. The van der Waals surface area contributed by atoms with Gasteiger partial charge in [-0.15, -0.1) is 65.6 Å². The van der Waals surface area contributed by atoms with Gasteiger partial charge >= 0.3 is 0 Å². The summed E-state index contributed by atoms with van der Waals surface area (Å²) < 4.78 is 89.7. The van der Waals surface area contributed by atoms with Crippen molar-refractivity contribution < 1.29 is 38.1 Å². The monoisotopic (exact) mass is 1240 g/mol. The van der Waals surface area contributed by atoms with Crippen molar-refractivity contribution in [3.63, 3.8) is 0 Å². The van der Waals surface area contributed by atoms with E-state index in [1.54, 1.807) is 35.0 Å². The molecule has 2 N–H and O–H groups in total. The van der Waals surface area contributed by atoms with Crippen LogP contribution in [0.1, 0.15) is 47.1 Å². The van der Waals surface area contributed by atoms with E-state index in [9.17, 15) is 5.48 Å². The zero-order chi connectivity index (χ0) is 62.2. The third-order valence-corrected chi connectivity index (χ3v) is 14.5. The molecule has 13 rings (SSSR count). The number of nitrogens with one attached hydrogen (secondary N) is 2. The first-order valence-electron chi connectivity index (χ1n) is 30.9. The first-order valence-corrected chi connectivity index (χ1v) is 26.4. The number of hydrogen-bond acceptors (Lipinski definition) is 6. The molecule has 10 heteroatoms. The van der Waals surface area contributed by atoms with Crippen LogP contribution < -0.4 is 25.2 Å². The number of fused-ring (bicyclic) bond motifs is 4. The van der Waals surface area contributed by atoms with Gasteiger partial charge in [-0.3, -0.25) is 0 Å². The average molecular weight is 1240 g/mol. The van der Waals surface area contributed by atoms with Crippen molar-refractivity contribution in [2.45, 2.75) is 12.3 Å². The van der Waals surface area contributed by atoms with Crippen LogP contribution in [0, 0.1) is 18.8 Å². The smallest absolute Gasteiger partial charge is 0.182 e.